The number of sulfonamides is 1. The maximum absolute atomic E-state index is 14.2. The number of β-amino-alcohol motifs (C(OH)–C–C–N with tert-alkyl or cyclic N) is 1. The molecule has 3 rings (SSSR count). The van der Waals surface area contributed by atoms with Gasteiger partial charge in [-0.25, -0.2) is 17.8 Å². The lowest BCUT2D eigenvalue weighted by atomic mass is 10.0. The van der Waals surface area contributed by atoms with Crippen molar-refractivity contribution in [1.82, 2.24) is 9.29 Å². The third-order valence-corrected chi connectivity index (χ3v) is 6.76. The Hall–Kier alpha value is -2.70. The van der Waals surface area contributed by atoms with Crippen LogP contribution in [-0.4, -0.2) is 72.1 Å². The number of aliphatic hydroxyl groups is 2. The van der Waals surface area contributed by atoms with Crippen molar-refractivity contribution in [2.45, 2.75) is 22.9 Å². The molecule has 1 saturated heterocycles. The van der Waals surface area contributed by atoms with Gasteiger partial charge < -0.3 is 19.7 Å². The number of ether oxygens (including phenoxy) is 2. The van der Waals surface area contributed by atoms with E-state index in [4.69, 9.17) is 21.6 Å². The highest BCUT2D eigenvalue weighted by molar-refractivity contribution is 7.89. The fourth-order valence-electron chi connectivity index (χ4n) is 3.09. The lowest BCUT2D eigenvalue weighted by Gasteiger charge is -2.28. The normalized spacial score (nSPS) is 21.3. The van der Waals surface area contributed by atoms with Crippen LogP contribution >= 0.6 is 11.6 Å². The van der Waals surface area contributed by atoms with Crippen molar-refractivity contribution < 1.29 is 45.7 Å². The number of alkyl halides is 3. The van der Waals surface area contributed by atoms with Crippen LogP contribution in [0.3, 0.4) is 0 Å². The minimum absolute atomic E-state index is 0.169. The van der Waals surface area contributed by atoms with Gasteiger partial charge in [0.05, 0.1) is 23.7 Å². The molecule has 184 valence electrons. The number of benzene rings is 1. The highest BCUT2D eigenvalue weighted by Gasteiger charge is 2.51. The van der Waals surface area contributed by atoms with Crippen molar-refractivity contribution >= 4 is 21.6 Å². The van der Waals surface area contributed by atoms with Crippen molar-refractivity contribution in [2.75, 3.05) is 26.3 Å². The molecule has 0 saturated carbocycles. The lowest BCUT2D eigenvalue weighted by molar-refractivity contribution is -0.153. The number of aliphatic hydroxyl groups excluding tert-OH is 1. The molecule has 2 heterocycles. The van der Waals surface area contributed by atoms with E-state index in [0.29, 0.717) is 12.1 Å². The van der Waals surface area contributed by atoms with Crippen LogP contribution in [0, 0.1) is 17.1 Å². The summed E-state index contributed by atoms with van der Waals surface area (Å²) in [5.74, 6) is -2.46. The molecule has 2 aromatic rings. The number of hydrogen-bond donors (Lipinski definition) is 2. The SMILES string of the molecule is N#Cc1cc(OCC(F)(F)F)c(O[C@H]2CN(S(=O)(=O)c3ccc(Cl)cn3)C[C@]2(O)CO)cc1F. The van der Waals surface area contributed by atoms with Gasteiger partial charge in [-0.2, -0.15) is 22.7 Å². The zero-order valence-corrected chi connectivity index (χ0v) is 18.5. The summed E-state index contributed by atoms with van der Waals surface area (Å²) in [4.78, 5) is 3.72. The second-order valence-electron chi connectivity index (χ2n) is 7.27. The summed E-state index contributed by atoms with van der Waals surface area (Å²) < 4.78 is 88.6. The first kappa shape index (κ1) is 25.9. The van der Waals surface area contributed by atoms with Gasteiger partial charge in [-0.3, -0.25) is 0 Å². The van der Waals surface area contributed by atoms with Crippen molar-refractivity contribution in [3.63, 3.8) is 0 Å². The Labute approximate surface area is 195 Å². The maximum atomic E-state index is 14.2. The molecule has 0 radical (unpaired) electrons. The molecule has 0 aliphatic carbocycles. The third kappa shape index (κ3) is 5.50. The molecule has 2 atom stereocenters. The van der Waals surface area contributed by atoms with Crippen LogP contribution in [0.15, 0.2) is 35.5 Å². The van der Waals surface area contributed by atoms with Crippen LogP contribution in [0.25, 0.3) is 0 Å². The van der Waals surface area contributed by atoms with E-state index in [0.717, 1.165) is 16.6 Å². The van der Waals surface area contributed by atoms with Crippen molar-refractivity contribution in [1.29, 1.82) is 5.26 Å². The molecule has 1 aromatic heterocycles. The standard InChI is InChI=1S/C19H16ClF4N3O6S/c20-12-1-2-17(26-6-12)34(30,31)27-7-16(18(29,8-27)9-28)33-15-4-13(21)11(5-25)3-14(15)32-10-19(22,23)24/h1-4,6,16,28-29H,7-10H2/t16-,18-/m0/s1. The highest BCUT2D eigenvalue weighted by atomic mass is 35.5. The van der Waals surface area contributed by atoms with E-state index >= 15 is 0 Å². The molecular weight excluding hydrogens is 510 g/mol. The van der Waals surface area contributed by atoms with Gasteiger partial charge in [0.15, 0.2) is 23.1 Å². The average molecular weight is 526 g/mol. The van der Waals surface area contributed by atoms with Crippen molar-refractivity contribution in [3.05, 3.63) is 46.9 Å². The number of pyridine rings is 1. The Kier molecular flexibility index (Phi) is 7.25. The summed E-state index contributed by atoms with van der Waals surface area (Å²) in [6, 6.07) is 5.08. The highest BCUT2D eigenvalue weighted by Crippen LogP contribution is 2.36. The monoisotopic (exact) mass is 525 g/mol. The molecule has 0 unspecified atom stereocenters. The largest absolute Gasteiger partial charge is 0.482 e. The van der Waals surface area contributed by atoms with Gasteiger partial charge in [0, 0.05) is 24.9 Å². The molecule has 0 amide bonds. The Bertz CT molecular complexity index is 1210. The summed E-state index contributed by atoms with van der Waals surface area (Å²) in [5, 5.41) is 29.2. The molecule has 1 aliphatic heterocycles. The molecule has 2 N–H and O–H groups in total. The second-order valence-corrected chi connectivity index (χ2v) is 9.60. The Balaban J connectivity index is 1.93. The van der Waals surface area contributed by atoms with E-state index < -0.39 is 82.1 Å². The second kappa shape index (κ2) is 9.51. The van der Waals surface area contributed by atoms with Gasteiger partial charge >= 0.3 is 6.18 Å². The number of rotatable bonds is 7. The quantitative estimate of drug-likeness (QED) is 0.523. The van der Waals surface area contributed by atoms with Crippen LogP contribution < -0.4 is 9.47 Å². The van der Waals surface area contributed by atoms with Crippen LogP contribution in [0.1, 0.15) is 5.56 Å². The van der Waals surface area contributed by atoms with E-state index in [2.05, 4.69) is 9.72 Å². The van der Waals surface area contributed by atoms with Crippen molar-refractivity contribution in [3.8, 4) is 17.6 Å². The molecular formula is C19H16ClF4N3O6S. The van der Waals surface area contributed by atoms with E-state index in [1.54, 1.807) is 0 Å². The Morgan fingerprint density at radius 3 is 2.59 bits per heavy atom. The summed E-state index contributed by atoms with van der Waals surface area (Å²) >= 11 is 5.71. The molecule has 1 fully saturated rings. The topological polar surface area (TPSA) is 133 Å². The molecule has 34 heavy (non-hydrogen) atoms. The van der Waals surface area contributed by atoms with E-state index in [-0.39, 0.29) is 5.02 Å². The predicted octanol–water partition coefficient (Wildman–Crippen LogP) is 1.86. The van der Waals surface area contributed by atoms with Gasteiger partial charge in [0.25, 0.3) is 10.0 Å². The first-order chi connectivity index (χ1) is 15.8. The van der Waals surface area contributed by atoms with E-state index in [1.807, 2.05) is 0 Å². The summed E-state index contributed by atoms with van der Waals surface area (Å²) in [6.07, 6.45) is -5.24. The van der Waals surface area contributed by atoms with Crippen molar-refractivity contribution in [2.24, 2.45) is 0 Å². The minimum atomic E-state index is -4.77. The van der Waals surface area contributed by atoms with Crippen LogP contribution in [-0.2, 0) is 10.0 Å². The summed E-state index contributed by atoms with van der Waals surface area (Å²) in [6.45, 7) is -4.05. The molecule has 15 heteroatoms. The van der Waals surface area contributed by atoms with E-state index in [9.17, 15) is 36.2 Å². The Morgan fingerprint density at radius 1 is 1.32 bits per heavy atom. The zero-order chi connectivity index (χ0) is 25.3. The molecule has 0 spiro atoms. The summed E-state index contributed by atoms with van der Waals surface area (Å²) in [7, 11) is -4.31. The van der Waals surface area contributed by atoms with Gasteiger partial charge in [-0.05, 0) is 12.1 Å². The van der Waals surface area contributed by atoms with E-state index in [1.165, 1.54) is 12.1 Å². The molecule has 1 aromatic carbocycles. The fraction of sp³-hybridized carbons (Fsp3) is 0.368. The third-order valence-electron chi connectivity index (χ3n) is 4.81. The van der Waals surface area contributed by atoms with Crippen LogP contribution in [0.2, 0.25) is 5.02 Å². The number of aromatic nitrogens is 1. The van der Waals surface area contributed by atoms with Gasteiger partial charge in [0.2, 0.25) is 0 Å². The molecule has 1 aliphatic rings. The number of nitriles is 1. The maximum Gasteiger partial charge on any atom is 0.422 e. The lowest BCUT2D eigenvalue weighted by Crippen LogP contribution is -2.48. The fourth-order valence-corrected chi connectivity index (χ4v) is 4.62. The Morgan fingerprint density at radius 2 is 2.03 bits per heavy atom. The summed E-state index contributed by atoms with van der Waals surface area (Å²) in [5.41, 5.74) is -2.85. The minimum Gasteiger partial charge on any atom is -0.482 e. The van der Waals surface area contributed by atoms with Gasteiger partial charge in [-0.15, -0.1) is 0 Å². The van der Waals surface area contributed by atoms with Crippen LogP contribution in [0.5, 0.6) is 11.5 Å². The number of halogens is 5. The zero-order valence-electron chi connectivity index (χ0n) is 17.0. The first-order valence-corrected chi connectivity index (χ1v) is 11.2. The molecule has 0 bridgehead atoms. The van der Waals surface area contributed by atoms with Gasteiger partial charge in [0.1, 0.15) is 23.6 Å². The smallest absolute Gasteiger partial charge is 0.422 e. The van der Waals surface area contributed by atoms with Gasteiger partial charge in [-0.1, -0.05) is 11.6 Å². The number of hydrogen-bond acceptors (Lipinski definition) is 8. The predicted molar refractivity (Wildman–Crippen MR) is 107 cm³/mol. The number of nitrogens with zero attached hydrogens (tertiary/aromatic N) is 3. The first-order valence-electron chi connectivity index (χ1n) is 9.34. The average Bonchev–Trinajstić information content (AvgIpc) is 3.10. The molecule has 9 nitrogen and oxygen atoms in total. The van der Waals surface area contributed by atoms with Crippen LogP contribution in [0.4, 0.5) is 17.6 Å².